The second kappa shape index (κ2) is 6.01. The van der Waals surface area contributed by atoms with Crippen molar-refractivity contribution in [1.82, 2.24) is 5.32 Å². The third-order valence-corrected chi connectivity index (χ3v) is 5.26. The van der Waals surface area contributed by atoms with Gasteiger partial charge in [-0.3, -0.25) is 4.79 Å². The first kappa shape index (κ1) is 14.9. The molecule has 0 saturated heterocycles. The van der Waals surface area contributed by atoms with Crippen molar-refractivity contribution in [2.24, 2.45) is 0 Å². The van der Waals surface area contributed by atoms with Crippen molar-refractivity contribution in [1.29, 1.82) is 0 Å². The molecule has 5 heteroatoms. The highest BCUT2D eigenvalue weighted by Gasteiger charge is 2.45. The minimum absolute atomic E-state index is 0.124. The van der Waals surface area contributed by atoms with Crippen molar-refractivity contribution in [2.75, 3.05) is 20.8 Å². The van der Waals surface area contributed by atoms with E-state index in [9.17, 15) is 4.79 Å². The van der Waals surface area contributed by atoms with Gasteiger partial charge in [0.25, 0.3) is 5.91 Å². The summed E-state index contributed by atoms with van der Waals surface area (Å²) < 4.78 is 10.6. The number of methoxy groups -OCH3 is 2. The Morgan fingerprint density at radius 1 is 1.18 bits per heavy atom. The van der Waals surface area contributed by atoms with Crippen molar-refractivity contribution < 1.29 is 14.3 Å². The first-order valence-electron chi connectivity index (χ1n) is 7.23. The molecule has 3 rings (SSSR count). The van der Waals surface area contributed by atoms with Crippen LogP contribution in [0.1, 0.15) is 28.1 Å². The Morgan fingerprint density at radius 3 is 2.36 bits per heavy atom. The average Bonchev–Trinajstić information content (AvgIpc) is 3.14. The average molecular weight is 317 g/mol. The maximum absolute atomic E-state index is 12.6. The number of carbonyl (C=O) groups is 1. The van der Waals surface area contributed by atoms with E-state index in [2.05, 4.69) is 22.8 Å². The van der Waals surface area contributed by atoms with Gasteiger partial charge in [-0.2, -0.15) is 0 Å². The monoisotopic (exact) mass is 317 g/mol. The second-order valence-electron chi connectivity index (χ2n) is 5.48. The van der Waals surface area contributed by atoms with Crippen LogP contribution in [0.4, 0.5) is 0 Å². The van der Waals surface area contributed by atoms with Gasteiger partial charge in [-0.05, 0) is 36.4 Å². The molecule has 1 saturated carbocycles. The van der Waals surface area contributed by atoms with Crippen molar-refractivity contribution in [2.45, 2.75) is 18.3 Å². The fourth-order valence-corrected chi connectivity index (χ4v) is 3.64. The van der Waals surface area contributed by atoms with E-state index in [1.165, 1.54) is 4.88 Å². The molecule has 1 amide bonds. The van der Waals surface area contributed by atoms with E-state index in [1.807, 2.05) is 6.07 Å². The highest BCUT2D eigenvalue weighted by Crippen LogP contribution is 2.49. The number of nitrogens with one attached hydrogen (secondary N) is 1. The van der Waals surface area contributed by atoms with Crippen molar-refractivity contribution >= 4 is 17.2 Å². The van der Waals surface area contributed by atoms with Crippen LogP contribution < -0.4 is 14.8 Å². The van der Waals surface area contributed by atoms with Gasteiger partial charge < -0.3 is 14.8 Å². The van der Waals surface area contributed by atoms with E-state index >= 15 is 0 Å². The van der Waals surface area contributed by atoms with E-state index < -0.39 is 0 Å². The third-order valence-electron chi connectivity index (χ3n) is 4.14. The van der Waals surface area contributed by atoms with Crippen LogP contribution in [-0.2, 0) is 5.41 Å². The first-order chi connectivity index (χ1) is 10.7. The Morgan fingerprint density at radius 2 is 1.86 bits per heavy atom. The van der Waals surface area contributed by atoms with Crippen molar-refractivity contribution in [3.63, 3.8) is 0 Å². The summed E-state index contributed by atoms with van der Waals surface area (Å²) >= 11 is 1.75. The summed E-state index contributed by atoms with van der Waals surface area (Å²) in [6.07, 6.45) is 2.24. The highest BCUT2D eigenvalue weighted by atomic mass is 32.1. The summed E-state index contributed by atoms with van der Waals surface area (Å²) in [4.78, 5) is 13.9. The molecule has 0 atom stereocenters. The molecule has 0 bridgehead atoms. The van der Waals surface area contributed by atoms with E-state index in [0.29, 0.717) is 23.6 Å². The molecule has 1 N–H and O–H groups in total. The van der Waals surface area contributed by atoms with Crippen LogP contribution in [0.5, 0.6) is 11.5 Å². The number of thiophene rings is 1. The molecule has 4 nitrogen and oxygen atoms in total. The molecule has 0 aliphatic heterocycles. The quantitative estimate of drug-likeness (QED) is 0.890. The number of amides is 1. The van der Waals surface area contributed by atoms with E-state index in [-0.39, 0.29) is 11.3 Å². The molecule has 2 aromatic rings. The molecule has 1 fully saturated rings. The zero-order valence-electron chi connectivity index (χ0n) is 12.7. The Hall–Kier alpha value is -2.01. The van der Waals surface area contributed by atoms with Crippen LogP contribution >= 0.6 is 11.3 Å². The SMILES string of the molecule is COc1cccc(OC)c1C(=O)NCC1(c2cccs2)CC1. The number of benzene rings is 1. The molecular weight excluding hydrogens is 298 g/mol. The first-order valence-corrected chi connectivity index (χ1v) is 8.11. The fraction of sp³-hybridized carbons (Fsp3) is 0.353. The van der Waals surface area contributed by atoms with Crippen LogP contribution in [0.25, 0.3) is 0 Å². The minimum Gasteiger partial charge on any atom is -0.496 e. The number of hydrogen-bond acceptors (Lipinski definition) is 4. The second-order valence-corrected chi connectivity index (χ2v) is 6.43. The van der Waals surface area contributed by atoms with Gasteiger partial charge >= 0.3 is 0 Å². The van der Waals surface area contributed by atoms with Gasteiger partial charge in [0.15, 0.2) is 0 Å². The standard InChI is InChI=1S/C17H19NO3S/c1-20-12-5-3-6-13(21-2)15(12)16(19)18-11-17(8-9-17)14-7-4-10-22-14/h3-7,10H,8-9,11H2,1-2H3,(H,18,19). The van der Waals surface area contributed by atoms with Crippen LogP contribution in [0.3, 0.4) is 0 Å². The van der Waals surface area contributed by atoms with Gasteiger partial charge in [0, 0.05) is 16.8 Å². The van der Waals surface area contributed by atoms with Gasteiger partial charge in [0.2, 0.25) is 0 Å². The molecule has 0 unspecified atom stereocenters. The smallest absolute Gasteiger partial charge is 0.258 e. The summed E-state index contributed by atoms with van der Waals surface area (Å²) in [5.41, 5.74) is 0.577. The topological polar surface area (TPSA) is 47.6 Å². The number of ether oxygens (including phenoxy) is 2. The zero-order chi connectivity index (χ0) is 15.6. The van der Waals surface area contributed by atoms with Crippen LogP contribution in [0.2, 0.25) is 0 Å². The summed E-state index contributed by atoms with van der Waals surface area (Å²) in [5, 5.41) is 5.13. The molecule has 1 aliphatic carbocycles. The molecule has 1 aromatic carbocycles. The number of carbonyl (C=O) groups excluding carboxylic acids is 1. The fourth-order valence-electron chi connectivity index (χ4n) is 2.65. The predicted octanol–water partition coefficient (Wildman–Crippen LogP) is 3.23. The van der Waals surface area contributed by atoms with E-state index in [1.54, 1.807) is 37.7 Å². The molecule has 0 radical (unpaired) electrons. The van der Waals surface area contributed by atoms with Gasteiger partial charge in [-0.1, -0.05) is 12.1 Å². The van der Waals surface area contributed by atoms with Crippen LogP contribution in [0, 0.1) is 0 Å². The maximum Gasteiger partial charge on any atom is 0.258 e. The van der Waals surface area contributed by atoms with Gasteiger partial charge in [0.1, 0.15) is 17.1 Å². The lowest BCUT2D eigenvalue weighted by Gasteiger charge is -2.17. The normalized spacial score (nSPS) is 15.2. The Labute approximate surface area is 134 Å². The molecule has 1 aliphatic rings. The lowest BCUT2D eigenvalue weighted by Crippen LogP contribution is -2.32. The summed E-state index contributed by atoms with van der Waals surface area (Å²) in [6.45, 7) is 0.646. The molecule has 1 aromatic heterocycles. The largest absolute Gasteiger partial charge is 0.496 e. The van der Waals surface area contributed by atoms with Crippen LogP contribution in [-0.4, -0.2) is 26.7 Å². The lowest BCUT2D eigenvalue weighted by molar-refractivity contribution is 0.0943. The molecule has 116 valence electrons. The van der Waals surface area contributed by atoms with Crippen LogP contribution in [0.15, 0.2) is 35.7 Å². The summed E-state index contributed by atoms with van der Waals surface area (Å²) in [6, 6.07) is 9.55. The Bertz CT molecular complexity index is 640. The van der Waals surface area contributed by atoms with Crippen molar-refractivity contribution in [3.05, 3.63) is 46.2 Å². The highest BCUT2D eigenvalue weighted by molar-refractivity contribution is 7.10. The molecule has 0 spiro atoms. The lowest BCUT2D eigenvalue weighted by atomic mass is 10.0. The van der Waals surface area contributed by atoms with Gasteiger partial charge in [-0.15, -0.1) is 11.3 Å². The molecular formula is C17H19NO3S. The zero-order valence-corrected chi connectivity index (χ0v) is 13.5. The molecule has 22 heavy (non-hydrogen) atoms. The number of hydrogen-bond donors (Lipinski definition) is 1. The maximum atomic E-state index is 12.6. The van der Waals surface area contributed by atoms with Gasteiger partial charge in [-0.25, -0.2) is 0 Å². The van der Waals surface area contributed by atoms with Gasteiger partial charge in [0.05, 0.1) is 14.2 Å². The minimum atomic E-state index is -0.155. The summed E-state index contributed by atoms with van der Waals surface area (Å²) in [5.74, 6) is 0.896. The Kier molecular flexibility index (Phi) is 4.07. The summed E-state index contributed by atoms with van der Waals surface area (Å²) in [7, 11) is 3.11. The van der Waals surface area contributed by atoms with Crippen molar-refractivity contribution in [3.8, 4) is 11.5 Å². The number of rotatable bonds is 6. The molecule has 1 heterocycles. The Balaban J connectivity index is 1.76. The van der Waals surface area contributed by atoms with E-state index in [4.69, 9.17) is 9.47 Å². The van der Waals surface area contributed by atoms with E-state index in [0.717, 1.165) is 12.8 Å². The third kappa shape index (κ3) is 2.68. The predicted molar refractivity (Wildman–Crippen MR) is 87.1 cm³/mol.